The lowest BCUT2D eigenvalue weighted by Gasteiger charge is -2.36. The summed E-state index contributed by atoms with van der Waals surface area (Å²) in [6, 6.07) is 46.5. The van der Waals surface area contributed by atoms with Gasteiger partial charge in [0.2, 0.25) is 0 Å². The number of hydrogen-bond acceptors (Lipinski definition) is 0. The molecule has 0 bridgehead atoms. The smallest absolute Gasteiger partial charge is 0.0623 e. The molecule has 1 heterocycles. The molecule has 0 amide bonds. The topological polar surface area (TPSA) is 0 Å². The molecule has 6 aromatic rings. The minimum absolute atomic E-state index is 1.30. The SMILES string of the molecule is Cc1cc(C)c(-c2ccc3c(c2)[Si](c2ccccc2)(c2ccccc2)c2cc(-c4c(C)cc(C)cc4C)ccc2C=C3)c(C)c1. The van der Waals surface area contributed by atoms with Gasteiger partial charge in [-0.3, -0.25) is 0 Å². The first-order valence-electron chi connectivity index (χ1n) is 16.0. The molecule has 7 rings (SSSR count). The summed E-state index contributed by atoms with van der Waals surface area (Å²) in [7, 11) is -2.81. The number of aryl methyl sites for hydroxylation is 6. The van der Waals surface area contributed by atoms with Crippen molar-refractivity contribution in [1.82, 2.24) is 0 Å². The van der Waals surface area contributed by atoms with Crippen LogP contribution in [0.4, 0.5) is 0 Å². The van der Waals surface area contributed by atoms with E-state index in [1.807, 2.05) is 0 Å². The first-order chi connectivity index (χ1) is 21.8. The fourth-order valence-electron chi connectivity index (χ4n) is 8.12. The Bertz CT molecular complexity index is 1900. The standard InChI is InChI=1S/C44H40Si/c1-29-23-31(3)43(32(4)24-29)37-21-19-35-17-18-36-20-22-38(44-33(5)25-30(2)26-34(44)6)28-42(36)45(41(35)27-37,39-13-9-7-10-14-39)40-15-11-8-12-16-40/h7-28H,1-6H3. The highest BCUT2D eigenvalue weighted by Crippen LogP contribution is 2.33. The largest absolute Gasteiger partial charge is 0.180 e. The second kappa shape index (κ2) is 11.3. The van der Waals surface area contributed by atoms with Gasteiger partial charge in [-0.1, -0.05) is 145 Å². The van der Waals surface area contributed by atoms with Crippen molar-refractivity contribution < 1.29 is 0 Å². The summed E-state index contributed by atoms with van der Waals surface area (Å²) < 4.78 is 0. The number of fused-ring (bicyclic) bond motifs is 2. The van der Waals surface area contributed by atoms with E-state index in [1.54, 1.807) is 0 Å². The maximum atomic E-state index is 2.54. The lowest BCUT2D eigenvalue weighted by atomic mass is 9.93. The van der Waals surface area contributed by atoms with E-state index in [2.05, 4.69) is 175 Å². The molecule has 0 aliphatic carbocycles. The maximum Gasteiger partial charge on any atom is 0.180 e. The van der Waals surface area contributed by atoms with Crippen LogP contribution in [-0.2, 0) is 0 Å². The third-order valence-corrected chi connectivity index (χ3v) is 14.6. The van der Waals surface area contributed by atoms with Gasteiger partial charge in [-0.25, -0.2) is 0 Å². The Labute approximate surface area is 269 Å². The van der Waals surface area contributed by atoms with E-state index < -0.39 is 8.07 Å². The van der Waals surface area contributed by atoms with Crippen molar-refractivity contribution in [2.24, 2.45) is 0 Å². The van der Waals surface area contributed by atoms with Gasteiger partial charge in [0.15, 0.2) is 8.07 Å². The minimum Gasteiger partial charge on any atom is -0.0623 e. The van der Waals surface area contributed by atoms with E-state index in [9.17, 15) is 0 Å². The molecule has 45 heavy (non-hydrogen) atoms. The fraction of sp³-hybridized carbons (Fsp3) is 0.136. The van der Waals surface area contributed by atoms with Crippen LogP contribution in [0.25, 0.3) is 34.4 Å². The molecule has 0 fully saturated rings. The normalized spacial score (nSPS) is 13.2. The molecule has 6 aromatic carbocycles. The average molecular weight is 597 g/mol. The van der Waals surface area contributed by atoms with E-state index in [0.29, 0.717) is 0 Å². The molecule has 220 valence electrons. The van der Waals surface area contributed by atoms with Crippen molar-refractivity contribution in [3.63, 3.8) is 0 Å². The number of hydrogen-bond donors (Lipinski definition) is 0. The van der Waals surface area contributed by atoms with Gasteiger partial charge in [-0.2, -0.15) is 0 Å². The van der Waals surface area contributed by atoms with E-state index in [4.69, 9.17) is 0 Å². The summed E-state index contributed by atoms with van der Waals surface area (Å²) >= 11 is 0. The highest BCUT2D eigenvalue weighted by molar-refractivity contribution is 7.20. The molecule has 0 saturated heterocycles. The monoisotopic (exact) mass is 596 g/mol. The van der Waals surface area contributed by atoms with Crippen LogP contribution in [0.2, 0.25) is 0 Å². The average Bonchev–Trinajstić information content (AvgIpc) is 3.16. The van der Waals surface area contributed by atoms with Crippen LogP contribution < -0.4 is 20.7 Å². The van der Waals surface area contributed by atoms with Crippen molar-refractivity contribution >= 4 is 41.0 Å². The van der Waals surface area contributed by atoms with Gasteiger partial charge in [0.25, 0.3) is 0 Å². The van der Waals surface area contributed by atoms with Gasteiger partial charge in [-0.15, -0.1) is 0 Å². The van der Waals surface area contributed by atoms with Crippen molar-refractivity contribution in [3.8, 4) is 22.3 Å². The first-order valence-corrected chi connectivity index (χ1v) is 18.0. The van der Waals surface area contributed by atoms with Gasteiger partial charge in [0.05, 0.1) is 0 Å². The molecular weight excluding hydrogens is 557 g/mol. The Morgan fingerprint density at radius 3 is 1.09 bits per heavy atom. The van der Waals surface area contributed by atoms with E-state index in [0.717, 1.165) is 0 Å². The lowest BCUT2D eigenvalue weighted by molar-refractivity contribution is 1.32. The third-order valence-electron chi connectivity index (χ3n) is 9.70. The molecule has 0 nitrogen and oxygen atoms in total. The van der Waals surface area contributed by atoms with Crippen LogP contribution in [0, 0.1) is 41.5 Å². The van der Waals surface area contributed by atoms with E-state index in [-0.39, 0.29) is 0 Å². The zero-order valence-electron chi connectivity index (χ0n) is 27.2. The minimum atomic E-state index is -2.81. The lowest BCUT2D eigenvalue weighted by Crippen LogP contribution is -2.75. The summed E-state index contributed by atoms with van der Waals surface area (Å²) in [4.78, 5) is 0. The number of rotatable bonds is 4. The second-order valence-electron chi connectivity index (χ2n) is 13.0. The Morgan fingerprint density at radius 2 is 0.733 bits per heavy atom. The van der Waals surface area contributed by atoms with E-state index in [1.165, 1.54) is 87.5 Å². The molecule has 0 atom stereocenters. The van der Waals surface area contributed by atoms with Gasteiger partial charge < -0.3 is 0 Å². The van der Waals surface area contributed by atoms with Crippen LogP contribution in [0.1, 0.15) is 44.5 Å². The summed E-state index contributed by atoms with van der Waals surface area (Å²) in [5.41, 5.74) is 15.8. The molecule has 1 aliphatic rings. The van der Waals surface area contributed by atoms with Gasteiger partial charge in [-0.05, 0) is 118 Å². The summed E-state index contributed by atoms with van der Waals surface area (Å²) in [5.74, 6) is 0. The van der Waals surface area contributed by atoms with Crippen molar-refractivity contribution in [2.45, 2.75) is 41.5 Å². The quantitative estimate of drug-likeness (QED) is 0.178. The zero-order chi connectivity index (χ0) is 31.3. The van der Waals surface area contributed by atoms with Crippen LogP contribution >= 0.6 is 0 Å². The van der Waals surface area contributed by atoms with Crippen LogP contribution in [-0.4, -0.2) is 8.07 Å². The first kappa shape index (κ1) is 29.0. The Balaban J connectivity index is 1.62. The third kappa shape index (κ3) is 4.83. The molecular formula is C44H40Si. The van der Waals surface area contributed by atoms with Crippen LogP contribution in [0.3, 0.4) is 0 Å². The Kier molecular flexibility index (Phi) is 7.30. The fourth-order valence-corrected chi connectivity index (χ4v) is 13.3. The Hall–Kier alpha value is -4.72. The molecule has 0 spiro atoms. The van der Waals surface area contributed by atoms with Gasteiger partial charge in [0, 0.05) is 0 Å². The van der Waals surface area contributed by atoms with Gasteiger partial charge in [0.1, 0.15) is 0 Å². The molecule has 0 radical (unpaired) electrons. The second-order valence-corrected chi connectivity index (χ2v) is 16.7. The molecule has 1 heteroatoms. The molecule has 0 N–H and O–H groups in total. The van der Waals surface area contributed by atoms with E-state index >= 15 is 0 Å². The summed E-state index contributed by atoms with van der Waals surface area (Å²) in [6.45, 7) is 13.4. The Morgan fingerprint density at radius 1 is 0.378 bits per heavy atom. The predicted octanol–water partition coefficient (Wildman–Crippen LogP) is 8.73. The molecule has 0 aromatic heterocycles. The van der Waals surface area contributed by atoms with Crippen molar-refractivity contribution in [3.05, 3.63) is 166 Å². The molecule has 0 unspecified atom stereocenters. The highest BCUT2D eigenvalue weighted by atomic mass is 28.3. The number of benzene rings is 6. The van der Waals surface area contributed by atoms with Crippen molar-refractivity contribution in [1.29, 1.82) is 0 Å². The maximum absolute atomic E-state index is 2.81. The zero-order valence-corrected chi connectivity index (χ0v) is 28.2. The van der Waals surface area contributed by atoms with Crippen LogP contribution in [0.5, 0.6) is 0 Å². The molecule has 0 saturated carbocycles. The summed E-state index contributed by atoms with van der Waals surface area (Å²) in [6.07, 6.45) is 4.71. The highest BCUT2D eigenvalue weighted by Gasteiger charge is 2.45. The van der Waals surface area contributed by atoms with Crippen LogP contribution in [0.15, 0.2) is 121 Å². The molecule has 1 aliphatic heterocycles. The van der Waals surface area contributed by atoms with Gasteiger partial charge >= 0.3 is 0 Å². The predicted molar refractivity (Wildman–Crippen MR) is 198 cm³/mol. The van der Waals surface area contributed by atoms with Crippen molar-refractivity contribution in [2.75, 3.05) is 0 Å². The summed E-state index contributed by atoms with van der Waals surface area (Å²) in [5, 5.41) is 5.71.